The molecule has 3 rings (SSSR count). The van der Waals surface area contributed by atoms with Crippen molar-refractivity contribution >= 4 is 35.0 Å². The minimum Gasteiger partial charge on any atom is -0.368 e. The predicted molar refractivity (Wildman–Crippen MR) is 112 cm³/mol. The fraction of sp³-hybridized carbons (Fsp3) is 0.333. The van der Waals surface area contributed by atoms with Gasteiger partial charge >= 0.3 is 0 Å². The zero-order chi connectivity index (χ0) is 19.9. The summed E-state index contributed by atoms with van der Waals surface area (Å²) in [6, 6.07) is 13.9. The van der Waals surface area contributed by atoms with E-state index in [0.29, 0.717) is 18.8 Å². The predicted octanol–water partition coefficient (Wildman–Crippen LogP) is 3.15. The van der Waals surface area contributed by atoms with E-state index in [1.54, 1.807) is 0 Å². The Kier molecular flexibility index (Phi) is 6.92. The lowest BCUT2D eigenvalue weighted by molar-refractivity contribution is -0.128. The van der Waals surface area contributed by atoms with Gasteiger partial charge < -0.3 is 15.1 Å². The van der Waals surface area contributed by atoms with Crippen molar-refractivity contribution in [1.29, 1.82) is 0 Å². The van der Waals surface area contributed by atoms with Gasteiger partial charge in [-0.1, -0.05) is 18.2 Å². The number of para-hydroxylation sites is 1. The van der Waals surface area contributed by atoms with E-state index < -0.39 is 0 Å². The molecule has 0 aromatic heterocycles. The highest BCUT2D eigenvalue weighted by Crippen LogP contribution is 2.21. The average Bonchev–Trinajstić information content (AvgIpc) is 2.70. The van der Waals surface area contributed by atoms with Crippen LogP contribution in [0.25, 0.3) is 0 Å². The van der Waals surface area contributed by atoms with E-state index in [0.717, 1.165) is 13.1 Å². The fourth-order valence-corrected chi connectivity index (χ4v) is 3.88. The number of amides is 2. The van der Waals surface area contributed by atoms with E-state index in [1.807, 2.05) is 17.0 Å². The molecule has 2 aromatic rings. The molecule has 7 heteroatoms. The van der Waals surface area contributed by atoms with Crippen molar-refractivity contribution in [2.75, 3.05) is 47.9 Å². The highest BCUT2D eigenvalue weighted by molar-refractivity contribution is 8.00. The molecule has 0 bridgehead atoms. The molecule has 0 aliphatic carbocycles. The highest BCUT2D eigenvalue weighted by atomic mass is 32.2. The van der Waals surface area contributed by atoms with Crippen LogP contribution in [0.5, 0.6) is 0 Å². The minimum atomic E-state index is -0.347. The van der Waals surface area contributed by atoms with Crippen LogP contribution < -0.4 is 10.2 Å². The highest BCUT2D eigenvalue weighted by Gasteiger charge is 2.22. The molecule has 0 spiro atoms. The fourth-order valence-electron chi connectivity index (χ4n) is 3.17. The molecule has 0 radical (unpaired) electrons. The van der Waals surface area contributed by atoms with Crippen molar-refractivity contribution in [3.63, 3.8) is 0 Å². The SMILES string of the molecule is Cc1ccccc1N1CCN(C(=O)CSCC(=O)Nc2ccc(F)cc2)CC1. The van der Waals surface area contributed by atoms with Crippen molar-refractivity contribution in [1.82, 2.24) is 4.90 Å². The number of anilines is 2. The third kappa shape index (κ3) is 5.48. The van der Waals surface area contributed by atoms with Crippen LogP contribution in [0.3, 0.4) is 0 Å². The van der Waals surface area contributed by atoms with Gasteiger partial charge in [-0.2, -0.15) is 0 Å². The standard InChI is InChI=1S/C21H24FN3O2S/c1-16-4-2-3-5-19(16)24-10-12-25(13-11-24)21(27)15-28-14-20(26)23-18-8-6-17(22)7-9-18/h2-9H,10-15H2,1H3,(H,23,26). The third-order valence-electron chi connectivity index (χ3n) is 4.68. The Labute approximate surface area is 168 Å². The third-order valence-corrected chi connectivity index (χ3v) is 5.59. The molecule has 1 heterocycles. The Balaban J connectivity index is 1.38. The summed E-state index contributed by atoms with van der Waals surface area (Å²) in [6.07, 6.45) is 0. The molecule has 1 aliphatic rings. The molecule has 1 aliphatic heterocycles. The molecule has 1 saturated heterocycles. The number of hydrogen-bond acceptors (Lipinski definition) is 4. The largest absolute Gasteiger partial charge is 0.368 e. The Morgan fingerprint density at radius 1 is 1.00 bits per heavy atom. The van der Waals surface area contributed by atoms with Gasteiger partial charge in [-0.3, -0.25) is 9.59 Å². The van der Waals surface area contributed by atoms with Crippen LogP contribution in [0.2, 0.25) is 0 Å². The van der Waals surface area contributed by atoms with Gasteiger partial charge in [0.05, 0.1) is 11.5 Å². The van der Waals surface area contributed by atoms with Crippen LogP contribution in [0.15, 0.2) is 48.5 Å². The van der Waals surface area contributed by atoms with Crippen molar-refractivity contribution in [2.24, 2.45) is 0 Å². The Morgan fingerprint density at radius 3 is 2.36 bits per heavy atom. The molecule has 1 fully saturated rings. The molecule has 0 saturated carbocycles. The Bertz CT molecular complexity index is 821. The second-order valence-electron chi connectivity index (χ2n) is 6.70. The number of nitrogens with one attached hydrogen (secondary N) is 1. The smallest absolute Gasteiger partial charge is 0.234 e. The lowest BCUT2D eigenvalue weighted by Crippen LogP contribution is -2.49. The second-order valence-corrected chi connectivity index (χ2v) is 7.69. The average molecular weight is 402 g/mol. The lowest BCUT2D eigenvalue weighted by atomic mass is 10.1. The van der Waals surface area contributed by atoms with E-state index in [-0.39, 0.29) is 29.1 Å². The molecule has 2 amide bonds. The molecular formula is C21H24FN3O2S. The first-order valence-corrected chi connectivity index (χ1v) is 10.4. The van der Waals surface area contributed by atoms with Crippen LogP contribution in [0, 0.1) is 12.7 Å². The van der Waals surface area contributed by atoms with E-state index in [1.165, 1.54) is 47.3 Å². The molecule has 1 N–H and O–H groups in total. The summed E-state index contributed by atoms with van der Waals surface area (Å²) in [5, 5.41) is 2.69. The lowest BCUT2D eigenvalue weighted by Gasteiger charge is -2.36. The number of aryl methyl sites for hydroxylation is 1. The zero-order valence-corrected chi connectivity index (χ0v) is 16.7. The summed E-state index contributed by atoms with van der Waals surface area (Å²) in [5.41, 5.74) is 3.01. The van der Waals surface area contributed by atoms with Crippen LogP contribution in [0.4, 0.5) is 15.8 Å². The molecule has 0 atom stereocenters. The van der Waals surface area contributed by atoms with Crippen molar-refractivity contribution < 1.29 is 14.0 Å². The van der Waals surface area contributed by atoms with Crippen molar-refractivity contribution in [2.45, 2.75) is 6.92 Å². The summed E-state index contributed by atoms with van der Waals surface area (Å²) in [5.74, 6) is -0.0219. The number of benzene rings is 2. The summed E-state index contributed by atoms with van der Waals surface area (Å²) in [4.78, 5) is 28.5. The zero-order valence-electron chi connectivity index (χ0n) is 15.9. The number of piperazine rings is 1. The van der Waals surface area contributed by atoms with Gasteiger partial charge in [0, 0.05) is 37.6 Å². The normalized spacial score (nSPS) is 14.1. The number of carbonyl (C=O) groups excluding carboxylic acids is 2. The van der Waals surface area contributed by atoms with E-state index in [2.05, 4.69) is 29.3 Å². The van der Waals surface area contributed by atoms with E-state index in [9.17, 15) is 14.0 Å². The minimum absolute atomic E-state index is 0.0593. The van der Waals surface area contributed by atoms with Crippen molar-refractivity contribution in [3.8, 4) is 0 Å². The number of thioether (sulfide) groups is 1. The number of hydrogen-bond donors (Lipinski definition) is 1. The van der Waals surface area contributed by atoms with Gasteiger partial charge in [0.2, 0.25) is 11.8 Å². The van der Waals surface area contributed by atoms with Gasteiger partial charge in [0.15, 0.2) is 0 Å². The Hall–Kier alpha value is -2.54. The quantitative estimate of drug-likeness (QED) is 0.808. The monoisotopic (exact) mass is 401 g/mol. The number of carbonyl (C=O) groups is 2. The molecule has 28 heavy (non-hydrogen) atoms. The molecule has 5 nitrogen and oxygen atoms in total. The van der Waals surface area contributed by atoms with Crippen LogP contribution in [0.1, 0.15) is 5.56 Å². The van der Waals surface area contributed by atoms with Gasteiger partial charge in [-0.05, 0) is 42.8 Å². The summed E-state index contributed by atoms with van der Waals surface area (Å²) >= 11 is 1.29. The number of rotatable bonds is 6. The summed E-state index contributed by atoms with van der Waals surface area (Å²) < 4.78 is 12.9. The van der Waals surface area contributed by atoms with E-state index in [4.69, 9.17) is 0 Å². The van der Waals surface area contributed by atoms with Gasteiger partial charge in [0.1, 0.15) is 5.82 Å². The molecule has 2 aromatic carbocycles. The molecular weight excluding hydrogens is 377 g/mol. The number of nitrogens with zero attached hydrogens (tertiary/aromatic N) is 2. The van der Waals surface area contributed by atoms with Crippen LogP contribution >= 0.6 is 11.8 Å². The van der Waals surface area contributed by atoms with Crippen LogP contribution in [-0.2, 0) is 9.59 Å². The first kappa shape index (κ1) is 20.2. The molecule has 148 valence electrons. The van der Waals surface area contributed by atoms with Crippen LogP contribution in [-0.4, -0.2) is 54.4 Å². The topological polar surface area (TPSA) is 52.7 Å². The van der Waals surface area contributed by atoms with Gasteiger partial charge in [-0.15, -0.1) is 11.8 Å². The van der Waals surface area contributed by atoms with Crippen molar-refractivity contribution in [3.05, 3.63) is 59.9 Å². The summed E-state index contributed by atoms with van der Waals surface area (Å²) in [7, 11) is 0. The number of halogens is 1. The van der Waals surface area contributed by atoms with E-state index >= 15 is 0 Å². The molecule has 0 unspecified atom stereocenters. The maximum absolute atomic E-state index is 12.9. The first-order valence-electron chi connectivity index (χ1n) is 9.24. The summed E-state index contributed by atoms with van der Waals surface area (Å²) in [6.45, 7) is 5.10. The Morgan fingerprint density at radius 2 is 1.68 bits per heavy atom. The maximum Gasteiger partial charge on any atom is 0.234 e. The van der Waals surface area contributed by atoms with Gasteiger partial charge in [0.25, 0.3) is 0 Å². The van der Waals surface area contributed by atoms with Gasteiger partial charge in [-0.25, -0.2) is 4.39 Å². The maximum atomic E-state index is 12.9. The first-order chi connectivity index (χ1) is 13.5. The second kappa shape index (κ2) is 9.59.